The second-order valence-electron chi connectivity index (χ2n) is 5.78. The van der Waals surface area contributed by atoms with Crippen LogP contribution in [0.15, 0.2) is 10.9 Å². The van der Waals surface area contributed by atoms with Gasteiger partial charge < -0.3 is 9.42 Å². The molecule has 0 radical (unpaired) electrons. The molecule has 2 atom stereocenters. The molecule has 1 aromatic rings. The molecule has 0 N–H and O–H groups in total. The number of aromatic nitrogens is 2. The van der Waals surface area contributed by atoms with Crippen LogP contribution in [0.5, 0.6) is 0 Å². The molecule has 0 spiro atoms. The highest BCUT2D eigenvalue weighted by atomic mass is 32.2. The smallest absolute Gasteiger partial charge is 0.224 e. The molecule has 22 heavy (non-hydrogen) atoms. The number of unbranched alkanes of at least 4 members (excludes halogenated alkanes) is 1. The maximum absolute atomic E-state index is 12.4. The lowest BCUT2D eigenvalue weighted by Gasteiger charge is -2.24. The van der Waals surface area contributed by atoms with E-state index in [4.69, 9.17) is 0 Å². The highest BCUT2D eigenvalue weighted by Crippen LogP contribution is 2.35. The number of nitrogens with zero attached hydrogens (tertiary/aromatic N) is 4. The van der Waals surface area contributed by atoms with Crippen molar-refractivity contribution in [3.8, 4) is 0 Å². The van der Waals surface area contributed by atoms with Crippen LogP contribution >= 0.6 is 0 Å². The minimum absolute atomic E-state index is 0.0461. The Morgan fingerprint density at radius 3 is 2.91 bits per heavy atom. The number of likely N-dealkylation sites (tertiary alicyclic amines) is 1. The van der Waals surface area contributed by atoms with Gasteiger partial charge in [-0.25, -0.2) is 8.42 Å². The average molecular weight is 328 g/mol. The van der Waals surface area contributed by atoms with Crippen molar-refractivity contribution in [2.45, 2.75) is 51.2 Å². The van der Waals surface area contributed by atoms with Crippen molar-refractivity contribution in [1.82, 2.24) is 19.3 Å². The predicted octanol–water partition coefficient (Wildman–Crippen LogP) is 0.375. The first kappa shape index (κ1) is 15.4. The first-order valence-electron chi connectivity index (χ1n) is 7.57. The minimum Gasteiger partial charge on any atom is -0.343 e. The Kier molecular flexibility index (Phi) is 4.18. The highest BCUT2D eigenvalue weighted by Gasteiger charge is 2.50. The standard InChI is InChI=1S/C13H20N4O4S/c1-2-3-6-22(19,20)17-5-4-10-11(17)7-13(18)16(10)8-12-14-9-21-15-12/h9-11H,2-8H2,1H3/t10-,11-/m0/s1. The Balaban J connectivity index is 1.73. The number of rotatable bonds is 6. The first-order valence-corrected chi connectivity index (χ1v) is 9.18. The van der Waals surface area contributed by atoms with Crippen LogP contribution in [0.4, 0.5) is 0 Å². The fraction of sp³-hybridized carbons (Fsp3) is 0.769. The van der Waals surface area contributed by atoms with Gasteiger partial charge >= 0.3 is 0 Å². The summed E-state index contributed by atoms with van der Waals surface area (Å²) in [7, 11) is -3.28. The van der Waals surface area contributed by atoms with Gasteiger partial charge in [0.25, 0.3) is 0 Å². The van der Waals surface area contributed by atoms with Gasteiger partial charge in [-0.05, 0) is 12.8 Å². The lowest BCUT2D eigenvalue weighted by Crippen LogP contribution is -2.40. The fourth-order valence-corrected chi connectivity index (χ4v) is 5.20. The summed E-state index contributed by atoms with van der Waals surface area (Å²) in [4.78, 5) is 17.8. The topological polar surface area (TPSA) is 96.6 Å². The highest BCUT2D eigenvalue weighted by molar-refractivity contribution is 7.89. The van der Waals surface area contributed by atoms with E-state index in [2.05, 4.69) is 14.7 Å². The van der Waals surface area contributed by atoms with Gasteiger partial charge in [-0.1, -0.05) is 18.5 Å². The molecule has 1 aromatic heterocycles. The molecule has 1 amide bonds. The predicted molar refractivity (Wildman–Crippen MR) is 77.1 cm³/mol. The van der Waals surface area contributed by atoms with E-state index in [0.717, 1.165) is 6.42 Å². The molecule has 8 nitrogen and oxygen atoms in total. The monoisotopic (exact) mass is 328 g/mol. The zero-order valence-corrected chi connectivity index (χ0v) is 13.3. The summed E-state index contributed by atoms with van der Waals surface area (Å²) < 4.78 is 31.1. The van der Waals surface area contributed by atoms with Crippen molar-refractivity contribution in [2.75, 3.05) is 12.3 Å². The third kappa shape index (κ3) is 2.74. The van der Waals surface area contributed by atoms with Crippen molar-refractivity contribution >= 4 is 15.9 Å². The minimum atomic E-state index is -3.28. The molecule has 0 aromatic carbocycles. The van der Waals surface area contributed by atoms with Crippen molar-refractivity contribution in [3.05, 3.63) is 12.2 Å². The lowest BCUT2D eigenvalue weighted by molar-refractivity contribution is -0.129. The first-order chi connectivity index (χ1) is 10.5. The third-order valence-corrected chi connectivity index (χ3v) is 6.37. The SMILES string of the molecule is CCCCS(=O)(=O)N1CC[C@H]2[C@@H]1CC(=O)N2Cc1ncon1. The number of amides is 1. The fourth-order valence-electron chi connectivity index (χ4n) is 3.30. The van der Waals surface area contributed by atoms with E-state index in [9.17, 15) is 13.2 Å². The molecule has 2 fully saturated rings. The Bertz CT molecular complexity index is 630. The van der Waals surface area contributed by atoms with Gasteiger partial charge in [0, 0.05) is 13.0 Å². The van der Waals surface area contributed by atoms with Crippen molar-refractivity contribution in [1.29, 1.82) is 0 Å². The van der Waals surface area contributed by atoms with Crippen LogP contribution in [0.2, 0.25) is 0 Å². The van der Waals surface area contributed by atoms with Gasteiger partial charge in [0.05, 0.1) is 24.4 Å². The maximum Gasteiger partial charge on any atom is 0.224 e. The largest absolute Gasteiger partial charge is 0.343 e. The van der Waals surface area contributed by atoms with Crippen molar-refractivity contribution in [2.24, 2.45) is 0 Å². The zero-order valence-electron chi connectivity index (χ0n) is 12.5. The number of carbonyl (C=O) groups excluding carboxylic acids is 1. The molecule has 9 heteroatoms. The van der Waals surface area contributed by atoms with E-state index in [-0.39, 0.29) is 36.7 Å². The number of carbonyl (C=O) groups is 1. The molecule has 0 bridgehead atoms. The van der Waals surface area contributed by atoms with Crippen LogP contribution in [0, 0.1) is 0 Å². The van der Waals surface area contributed by atoms with Crippen LogP contribution in [0.3, 0.4) is 0 Å². The molecule has 3 rings (SSSR count). The van der Waals surface area contributed by atoms with E-state index >= 15 is 0 Å². The van der Waals surface area contributed by atoms with Crippen molar-refractivity contribution in [3.63, 3.8) is 0 Å². The van der Waals surface area contributed by atoms with Crippen LogP contribution in [-0.4, -0.2) is 58.1 Å². The summed E-state index contributed by atoms with van der Waals surface area (Å²) in [5, 5.41) is 3.72. The van der Waals surface area contributed by atoms with Gasteiger partial charge in [-0.3, -0.25) is 4.79 Å². The molecule has 0 aliphatic carbocycles. The maximum atomic E-state index is 12.4. The quantitative estimate of drug-likeness (QED) is 0.749. The van der Waals surface area contributed by atoms with Gasteiger partial charge in [0.2, 0.25) is 22.3 Å². The second-order valence-corrected chi connectivity index (χ2v) is 7.82. The van der Waals surface area contributed by atoms with E-state index in [0.29, 0.717) is 25.2 Å². The van der Waals surface area contributed by atoms with E-state index < -0.39 is 10.0 Å². The third-order valence-electron chi connectivity index (χ3n) is 4.40. The van der Waals surface area contributed by atoms with Crippen LogP contribution in [0.25, 0.3) is 0 Å². The Hall–Kier alpha value is -1.48. The second kappa shape index (κ2) is 5.96. The number of hydrogen-bond acceptors (Lipinski definition) is 6. The zero-order chi connectivity index (χ0) is 15.7. The molecule has 0 unspecified atom stereocenters. The summed E-state index contributed by atoms with van der Waals surface area (Å²) in [6.45, 7) is 2.73. The summed E-state index contributed by atoms with van der Waals surface area (Å²) in [6.07, 6.45) is 3.62. The van der Waals surface area contributed by atoms with E-state index in [1.165, 1.54) is 10.7 Å². The van der Waals surface area contributed by atoms with Crippen LogP contribution < -0.4 is 0 Å². The molecular weight excluding hydrogens is 308 g/mol. The molecule has 2 aliphatic heterocycles. The van der Waals surface area contributed by atoms with E-state index in [1.54, 1.807) is 4.90 Å². The number of hydrogen-bond donors (Lipinski definition) is 0. The Morgan fingerprint density at radius 1 is 1.41 bits per heavy atom. The summed E-state index contributed by atoms with van der Waals surface area (Å²) in [6, 6.07) is -0.330. The Labute approximate surface area is 129 Å². The average Bonchev–Trinajstić information content (AvgIpc) is 3.16. The molecular formula is C13H20N4O4S. The summed E-state index contributed by atoms with van der Waals surface area (Å²) >= 11 is 0. The van der Waals surface area contributed by atoms with Crippen LogP contribution in [0.1, 0.15) is 38.4 Å². The normalized spacial score (nSPS) is 25.9. The molecule has 2 saturated heterocycles. The summed E-state index contributed by atoms with van der Waals surface area (Å²) in [5.74, 6) is 0.558. The Morgan fingerprint density at radius 2 is 2.23 bits per heavy atom. The van der Waals surface area contributed by atoms with Crippen LogP contribution in [-0.2, 0) is 21.4 Å². The number of sulfonamides is 1. The molecule has 122 valence electrons. The number of fused-ring (bicyclic) bond motifs is 1. The van der Waals surface area contributed by atoms with Gasteiger partial charge in [0.1, 0.15) is 0 Å². The summed E-state index contributed by atoms with van der Waals surface area (Å²) in [5.41, 5.74) is 0. The van der Waals surface area contributed by atoms with E-state index in [1.807, 2.05) is 6.92 Å². The lowest BCUT2D eigenvalue weighted by atomic mass is 10.1. The molecule has 0 saturated carbocycles. The van der Waals surface area contributed by atoms with Gasteiger partial charge in [-0.15, -0.1) is 0 Å². The van der Waals surface area contributed by atoms with Gasteiger partial charge in [-0.2, -0.15) is 9.29 Å². The van der Waals surface area contributed by atoms with Gasteiger partial charge in [0.15, 0.2) is 5.82 Å². The molecule has 2 aliphatic rings. The molecule has 3 heterocycles. The van der Waals surface area contributed by atoms with Crippen molar-refractivity contribution < 1.29 is 17.7 Å².